The number of aryl methyl sites for hydroxylation is 2. The number of nitrogens with one attached hydrogen (secondary N) is 1. The number of aromatic nitrogens is 4. The molecule has 1 aliphatic rings. The molecule has 0 unspecified atom stereocenters. The fraction of sp³-hybridized carbons (Fsp3) is 0.533. The zero-order chi connectivity index (χ0) is 15.5. The second-order valence-corrected chi connectivity index (χ2v) is 5.49. The summed E-state index contributed by atoms with van der Waals surface area (Å²) in [4.78, 5) is 10.9. The van der Waals surface area contributed by atoms with Crippen LogP contribution in [0.4, 0.5) is 11.6 Å². The minimum atomic E-state index is 0.713. The van der Waals surface area contributed by atoms with E-state index < -0.39 is 0 Å². The molecule has 1 saturated heterocycles. The van der Waals surface area contributed by atoms with Gasteiger partial charge in [-0.3, -0.25) is 4.68 Å². The molecule has 3 heterocycles. The summed E-state index contributed by atoms with van der Waals surface area (Å²) in [7, 11) is 1.97. The van der Waals surface area contributed by atoms with Gasteiger partial charge in [0.1, 0.15) is 18.0 Å². The van der Waals surface area contributed by atoms with Crippen molar-refractivity contribution in [1.29, 1.82) is 0 Å². The van der Waals surface area contributed by atoms with Crippen molar-refractivity contribution in [3.8, 4) is 0 Å². The minimum absolute atomic E-state index is 0.713. The van der Waals surface area contributed by atoms with Crippen LogP contribution in [-0.2, 0) is 18.3 Å². The van der Waals surface area contributed by atoms with Gasteiger partial charge < -0.3 is 15.0 Å². The molecule has 0 spiro atoms. The first-order chi connectivity index (χ1) is 10.6. The van der Waals surface area contributed by atoms with E-state index in [1.54, 1.807) is 6.33 Å². The van der Waals surface area contributed by atoms with Crippen molar-refractivity contribution in [3.05, 3.63) is 29.3 Å². The Kier molecular flexibility index (Phi) is 4.24. The van der Waals surface area contributed by atoms with Crippen molar-refractivity contribution < 1.29 is 4.74 Å². The molecule has 22 heavy (non-hydrogen) atoms. The number of morpholine rings is 1. The van der Waals surface area contributed by atoms with E-state index in [0.29, 0.717) is 6.54 Å². The molecule has 0 saturated carbocycles. The topological polar surface area (TPSA) is 68.1 Å². The molecule has 7 nitrogen and oxygen atoms in total. The molecule has 1 N–H and O–H groups in total. The highest BCUT2D eigenvalue weighted by atomic mass is 16.5. The molecule has 1 aliphatic heterocycles. The van der Waals surface area contributed by atoms with Crippen LogP contribution in [0.25, 0.3) is 0 Å². The van der Waals surface area contributed by atoms with Gasteiger partial charge in [-0.1, -0.05) is 0 Å². The summed E-state index contributed by atoms with van der Waals surface area (Å²) in [5.74, 6) is 1.78. The van der Waals surface area contributed by atoms with Crippen LogP contribution >= 0.6 is 0 Å². The third-order valence-corrected chi connectivity index (χ3v) is 4.09. The SMILES string of the molecule is Cc1nn(C)c(C)c1CNc1cc(N2CCOCC2)ncn1. The van der Waals surface area contributed by atoms with Gasteiger partial charge in [-0.05, 0) is 13.8 Å². The molecule has 0 aliphatic carbocycles. The fourth-order valence-corrected chi connectivity index (χ4v) is 2.66. The number of ether oxygens (including phenoxy) is 1. The maximum Gasteiger partial charge on any atom is 0.134 e. The zero-order valence-electron chi connectivity index (χ0n) is 13.3. The summed E-state index contributed by atoms with van der Waals surface area (Å²) in [5, 5.41) is 7.81. The third-order valence-electron chi connectivity index (χ3n) is 4.09. The summed E-state index contributed by atoms with van der Waals surface area (Å²) < 4.78 is 7.28. The Balaban J connectivity index is 1.70. The average Bonchev–Trinajstić information content (AvgIpc) is 2.79. The van der Waals surface area contributed by atoms with Gasteiger partial charge in [0.15, 0.2) is 0 Å². The minimum Gasteiger partial charge on any atom is -0.378 e. The van der Waals surface area contributed by atoms with Crippen LogP contribution in [0.5, 0.6) is 0 Å². The summed E-state index contributed by atoms with van der Waals surface area (Å²) in [6.45, 7) is 8.07. The van der Waals surface area contributed by atoms with Gasteiger partial charge in [-0.25, -0.2) is 9.97 Å². The van der Waals surface area contributed by atoms with E-state index in [0.717, 1.165) is 43.6 Å². The van der Waals surface area contributed by atoms with E-state index in [1.807, 2.05) is 24.7 Å². The van der Waals surface area contributed by atoms with Crippen molar-refractivity contribution in [2.75, 3.05) is 36.5 Å². The van der Waals surface area contributed by atoms with Crippen LogP contribution in [0.1, 0.15) is 17.0 Å². The summed E-state index contributed by atoms with van der Waals surface area (Å²) in [6.07, 6.45) is 1.61. The highest BCUT2D eigenvalue weighted by Crippen LogP contribution is 2.17. The van der Waals surface area contributed by atoms with Gasteiger partial charge >= 0.3 is 0 Å². The third kappa shape index (κ3) is 3.04. The summed E-state index contributed by atoms with van der Waals surface area (Å²) in [6, 6.07) is 1.99. The van der Waals surface area contributed by atoms with E-state index in [9.17, 15) is 0 Å². The molecule has 0 bridgehead atoms. The predicted octanol–water partition coefficient (Wildman–Crippen LogP) is 1.28. The molecule has 0 atom stereocenters. The molecule has 118 valence electrons. The zero-order valence-corrected chi connectivity index (χ0v) is 13.3. The first-order valence-corrected chi connectivity index (χ1v) is 7.53. The Morgan fingerprint density at radius 1 is 1.23 bits per heavy atom. The van der Waals surface area contributed by atoms with Crippen LogP contribution < -0.4 is 10.2 Å². The number of anilines is 2. The molecule has 7 heteroatoms. The number of rotatable bonds is 4. The van der Waals surface area contributed by atoms with Crippen molar-refractivity contribution in [2.24, 2.45) is 7.05 Å². The highest BCUT2D eigenvalue weighted by molar-refractivity contribution is 5.49. The fourth-order valence-electron chi connectivity index (χ4n) is 2.66. The van der Waals surface area contributed by atoms with Gasteiger partial charge in [-0.15, -0.1) is 0 Å². The molecule has 0 aromatic carbocycles. The van der Waals surface area contributed by atoms with E-state index in [-0.39, 0.29) is 0 Å². The van der Waals surface area contributed by atoms with Crippen LogP contribution in [0.15, 0.2) is 12.4 Å². The Bertz CT molecular complexity index is 647. The van der Waals surface area contributed by atoms with Crippen molar-refractivity contribution >= 4 is 11.6 Å². The molecular weight excluding hydrogens is 280 g/mol. The first kappa shape index (κ1) is 14.8. The van der Waals surface area contributed by atoms with E-state index in [1.165, 1.54) is 11.3 Å². The smallest absolute Gasteiger partial charge is 0.134 e. The van der Waals surface area contributed by atoms with Gasteiger partial charge in [0.25, 0.3) is 0 Å². The van der Waals surface area contributed by atoms with Crippen molar-refractivity contribution in [2.45, 2.75) is 20.4 Å². The Hall–Kier alpha value is -2.15. The largest absolute Gasteiger partial charge is 0.378 e. The molecule has 2 aromatic rings. The molecule has 1 fully saturated rings. The lowest BCUT2D eigenvalue weighted by Gasteiger charge is -2.27. The lowest BCUT2D eigenvalue weighted by atomic mass is 10.2. The Morgan fingerprint density at radius 2 is 2.00 bits per heavy atom. The first-order valence-electron chi connectivity index (χ1n) is 7.53. The molecular formula is C15H22N6O. The Morgan fingerprint density at radius 3 is 2.68 bits per heavy atom. The van der Waals surface area contributed by atoms with E-state index >= 15 is 0 Å². The molecule has 0 radical (unpaired) electrons. The maximum atomic E-state index is 5.38. The standard InChI is InChI=1S/C15H22N6O/c1-11-13(12(2)20(3)19-11)9-16-14-8-15(18-10-17-14)21-4-6-22-7-5-21/h8,10H,4-7,9H2,1-3H3,(H,16,17,18). The maximum absolute atomic E-state index is 5.38. The van der Waals surface area contributed by atoms with Crippen LogP contribution in [0.2, 0.25) is 0 Å². The van der Waals surface area contributed by atoms with Gasteiger partial charge in [0.2, 0.25) is 0 Å². The van der Waals surface area contributed by atoms with Crippen LogP contribution in [-0.4, -0.2) is 46.1 Å². The highest BCUT2D eigenvalue weighted by Gasteiger charge is 2.13. The van der Waals surface area contributed by atoms with Crippen LogP contribution in [0, 0.1) is 13.8 Å². The summed E-state index contributed by atoms with van der Waals surface area (Å²) >= 11 is 0. The van der Waals surface area contributed by atoms with Gasteiger partial charge in [0.05, 0.1) is 18.9 Å². The van der Waals surface area contributed by atoms with Crippen LogP contribution in [0.3, 0.4) is 0 Å². The lowest BCUT2D eigenvalue weighted by Crippen LogP contribution is -2.36. The monoisotopic (exact) mass is 302 g/mol. The molecule has 2 aromatic heterocycles. The normalized spacial score (nSPS) is 15.1. The second kappa shape index (κ2) is 6.31. The summed E-state index contributed by atoms with van der Waals surface area (Å²) in [5.41, 5.74) is 3.44. The van der Waals surface area contributed by atoms with Crippen molar-refractivity contribution in [1.82, 2.24) is 19.7 Å². The van der Waals surface area contributed by atoms with Gasteiger partial charge in [-0.2, -0.15) is 5.10 Å². The predicted molar refractivity (Wildman–Crippen MR) is 85.1 cm³/mol. The molecule has 0 amide bonds. The average molecular weight is 302 g/mol. The quantitative estimate of drug-likeness (QED) is 0.917. The van der Waals surface area contributed by atoms with Crippen molar-refractivity contribution in [3.63, 3.8) is 0 Å². The molecule has 3 rings (SSSR count). The number of nitrogens with zero attached hydrogens (tertiary/aromatic N) is 5. The number of hydrogen-bond donors (Lipinski definition) is 1. The van der Waals surface area contributed by atoms with E-state index in [2.05, 4.69) is 32.2 Å². The van der Waals surface area contributed by atoms with E-state index in [4.69, 9.17) is 4.74 Å². The Labute approximate surface area is 130 Å². The number of hydrogen-bond acceptors (Lipinski definition) is 6. The van der Waals surface area contributed by atoms with Gasteiger partial charge in [0, 0.05) is 44.0 Å². The lowest BCUT2D eigenvalue weighted by molar-refractivity contribution is 0.122. The second-order valence-electron chi connectivity index (χ2n) is 5.49.